The van der Waals surface area contributed by atoms with Gasteiger partial charge >= 0.3 is 0 Å². The van der Waals surface area contributed by atoms with Crippen LogP contribution in [0.2, 0.25) is 0 Å². The van der Waals surface area contributed by atoms with Gasteiger partial charge in [0.2, 0.25) is 16.0 Å². The molecule has 3 rings (SSSR count). The van der Waals surface area contributed by atoms with E-state index >= 15 is 0 Å². The molecule has 0 aliphatic carbocycles. The second-order valence-electron chi connectivity index (χ2n) is 5.40. The summed E-state index contributed by atoms with van der Waals surface area (Å²) in [7, 11) is -3.77. The number of piperidine rings is 1. The Bertz CT molecular complexity index is 750. The summed E-state index contributed by atoms with van der Waals surface area (Å²) in [6.45, 7) is 1.47. The van der Waals surface area contributed by atoms with E-state index in [-0.39, 0.29) is 11.0 Å². The van der Waals surface area contributed by atoms with Gasteiger partial charge in [-0.05, 0) is 25.0 Å². The Morgan fingerprint density at radius 2 is 1.87 bits per heavy atom. The van der Waals surface area contributed by atoms with Crippen LogP contribution >= 0.6 is 0 Å². The molecular formula is C15H18N4O3S. The summed E-state index contributed by atoms with van der Waals surface area (Å²) in [6.07, 6.45) is 4.43. The zero-order chi connectivity index (χ0) is 16.3. The summed E-state index contributed by atoms with van der Waals surface area (Å²) in [5.74, 6) is 1.32. The van der Waals surface area contributed by atoms with Gasteiger partial charge in [-0.25, -0.2) is 23.5 Å². The third kappa shape index (κ3) is 3.96. The minimum Gasteiger partial charge on any atom is -0.489 e. The molecule has 23 heavy (non-hydrogen) atoms. The Balaban J connectivity index is 1.68. The Morgan fingerprint density at radius 1 is 1.17 bits per heavy atom. The maximum absolute atomic E-state index is 11.2. The van der Waals surface area contributed by atoms with Crippen LogP contribution in [0.25, 0.3) is 0 Å². The van der Waals surface area contributed by atoms with Gasteiger partial charge in [0.25, 0.3) is 0 Å². The molecule has 7 nitrogen and oxygen atoms in total. The van der Waals surface area contributed by atoms with Crippen molar-refractivity contribution in [1.82, 2.24) is 9.97 Å². The number of sulfonamides is 1. The van der Waals surface area contributed by atoms with Crippen LogP contribution in [-0.2, 0) is 10.0 Å². The molecule has 1 fully saturated rings. The lowest BCUT2D eigenvalue weighted by atomic mass is 10.1. The molecule has 1 aliphatic heterocycles. The van der Waals surface area contributed by atoms with Crippen LogP contribution in [0.3, 0.4) is 0 Å². The predicted molar refractivity (Wildman–Crippen MR) is 85.7 cm³/mol. The summed E-state index contributed by atoms with van der Waals surface area (Å²) in [4.78, 5) is 10.1. The lowest BCUT2D eigenvalue weighted by molar-refractivity contribution is 0.178. The number of rotatable bonds is 4. The van der Waals surface area contributed by atoms with Crippen molar-refractivity contribution in [2.75, 3.05) is 18.0 Å². The lowest BCUT2D eigenvalue weighted by Gasteiger charge is -2.32. The summed E-state index contributed by atoms with van der Waals surface area (Å²) in [5, 5.41) is 5.05. The van der Waals surface area contributed by atoms with Gasteiger partial charge in [-0.2, -0.15) is 0 Å². The summed E-state index contributed by atoms with van der Waals surface area (Å²) in [6, 6.07) is 9.67. The molecule has 1 atom stereocenters. The van der Waals surface area contributed by atoms with Crippen LogP contribution in [0.4, 0.5) is 5.95 Å². The smallest absolute Gasteiger partial charge is 0.241 e. The molecule has 0 bridgehead atoms. The minimum atomic E-state index is -3.77. The van der Waals surface area contributed by atoms with Crippen molar-refractivity contribution in [3.05, 3.63) is 42.7 Å². The number of hydrogen-bond donors (Lipinski definition) is 1. The maximum Gasteiger partial charge on any atom is 0.241 e. The Hall–Kier alpha value is -2.19. The fourth-order valence-electron chi connectivity index (χ4n) is 2.53. The molecular weight excluding hydrogens is 316 g/mol. The molecule has 2 heterocycles. The van der Waals surface area contributed by atoms with Crippen molar-refractivity contribution in [3.8, 4) is 5.75 Å². The highest BCUT2D eigenvalue weighted by Gasteiger charge is 2.23. The highest BCUT2D eigenvalue weighted by Crippen LogP contribution is 2.21. The number of benzene rings is 1. The van der Waals surface area contributed by atoms with Gasteiger partial charge in [0.1, 0.15) is 16.7 Å². The van der Waals surface area contributed by atoms with Gasteiger partial charge in [0.15, 0.2) is 0 Å². The van der Waals surface area contributed by atoms with E-state index in [0.29, 0.717) is 12.5 Å². The summed E-state index contributed by atoms with van der Waals surface area (Å²) < 4.78 is 28.5. The van der Waals surface area contributed by atoms with Crippen molar-refractivity contribution in [1.29, 1.82) is 0 Å². The number of primary sulfonamides is 1. The first-order chi connectivity index (χ1) is 11.0. The zero-order valence-electron chi connectivity index (χ0n) is 12.5. The molecule has 8 heteroatoms. The average molecular weight is 334 g/mol. The van der Waals surface area contributed by atoms with Gasteiger partial charge < -0.3 is 9.64 Å². The standard InChI is InChI=1S/C15H18N4O3S/c16-23(20,21)14-9-17-15(18-10-14)19-8-4-7-13(11-19)22-12-5-2-1-3-6-12/h1-3,5-6,9-10,13H,4,7-8,11H2,(H2,16,20,21)/t13-/m1/s1. The number of ether oxygens (including phenoxy) is 1. The second-order valence-corrected chi connectivity index (χ2v) is 6.97. The quantitative estimate of drug-likeness (QED) is 0.901. The number of aromatic nitrogens is 2. The van der Waals surface area contributed by atoms with Crippen LogP contribution in [0, 0.1) is 0 Å². The third-order valence-corrected chi connectivity index (χ3v) is 4.52. The van der Waals surface area contributed by atoms with E-state index in [1.807, 2.05) is 35.2 Å². The van der Waals surface area contributed by atoms with Crippen molar-refractivity contribution in [3.63, 3.8) is 0 Å². The van der Waals surface area contributed by atoms with Gasteiger partial charge in [-0.15, -0.1) is 0 Å². The van der Waals surface area contributed by atoms with E-state index in [1.165, 1.54) is 12.4 Å². The van der Waals surface area contributed by atoms with Gasteiger partial charge in [0, 0.05) is 6.54 Å². The molecule has 0 amide bonds. The van der Waals surface area contributed by atoms with Crippen LogP contribution < -0.4 is 14.8 Å². The lowest BCUT2D eigenvalue weighted by Crippen LogP contribution is -2.42. The molecule has 2 aromatic rings. The molecule has 1 aromatic carbocycles. The zero-order valence-corrected chi connectivity index (χ0v) is 13.3. The SMILES string of the molecule is NS(=O)(=O)c1cnc(N2CCC[C@@H](Oc3ccccc3)C2)nc1. The van der Waals surface area contributed by atoms with E-state index < -0.39 is 10.0 Å². The summed E-state index contributed by atoms with van der Waals surface area (Å²) in [5.41, 5.74) is 0. The van der Waals surface area contributed by atoms with Gasteiger partial charge in [0.05, 0.1) is 18.9 Å². The van der Waals surface area contributed by atoms with Gasteiger partial charge in [-0.3, -0.25) is 0 Å². The number of hydrogen-bond acceptors (Lipinski definition) is 6. The van der Waals surface area contributed by atoms with Crippen molar-refractivity contribution >= 4 is 16.0 Å². The number of nitrogens with zero attached hydrogens (tertiary/aromatic N) is 3. The maximum atomic E-state index is 11.2. The molecule has 1 aliphatic rings. The van der Waals surface area contributed by atoms with Crippen LogP contribution in [0.1, 0.15) is 12.8 Å². The first-order valence-corrected chi connectivity index (χ1v) is 8.88. The molecule has 0 radical (unpaired) electrons. The molecule has 0 saturated carbocycles. The average Bonchev–Trinajstić information content (AvgIpc) is 2.55. The van der Waals surface area contributed by atoms with E-state index in [2.05, 4.69) is 9.97 Å². The third-order valence-electron chi connectivity index (χ3n) is 3.65. The van der Waals surface area contributed by atoms with Crippen LogP contribution in [0.5, 0.6) is 5.75 Å². The number of nitrogens with two attached hydrogens (primary N) is 1. The summed E-state index contributed by atoms with van der Waals surface area (Å²) >= 11 is 0. The highest BCUT2D eigenvalue weighted by atomic mass is 32.2. The number of anilines is 1. The van der Waals surface area contributed by atoms with E-state index in [1.54, 1.807) is 0 Å². The monoisotopic (exact) mass is 334 g/mol. The fraction of sp³-hybridized carbons (Fsp3) is 0.333. The first-order valence-electron chi connectivity index (χ1n) is 7.34. The van der Waals surface area contributed by atoms with Gasteiger partial charge in [-0.1, -0.05) is 18.2 Å². The first kappa shape index (κ1) is 15.7. The molecule has 1 saturated heterocycles. The predicted octanol–water partition coefficient (Wildman–Crippen LogP) is 1.17. The minimum absolute atomic E-state index is 0.0488. The Kier molecular flexibility index (Phi) is 4.44. The van der Waals surface area contributed by atoms with E-state index in [4.69, 9.17) is 9.88 Å². The second kappa shape index (κ2) is 6.51. The topological polar surface area (TPSA) is 98.4 Å². The van der Waals surface area contributed by atoms with Crippen molar-refractivity contribution in [2.24, 2.45) is 5.14 Å². The highest BCUT2D eigenvalue weighted by molar-refractivity contribution is 7.89. The van der Waals surface area contributed by atoms with E-state index in [0.717, 1.165) is 25.1 Å². The molecule has 1 aromatic heterocycles. The van der Waals surface area contributed by atoms with Crippen molar-refractivity contribution < 1.29 is 13.2 Å². The van der Waals surface area contributed by atoms with Crippen LogP contribution in [-0.4, -0.2) is 37.6 Å². The largest absolute Gasteiger partial charge is 0.489 e. The molecule has 0 unspecified atom stereocenters. The van der Waals surface area contributed by atoms with Crippen molar-refractivity contribution in [2.45, 2.75) is 23.8 Å². The molecule has 0 spiro atoms. The Labute approximate surface area is 135 Å². The number of para-hydroxylation sites is 1. The molecule has 122 valence electrons. The Morgan fingerprint density at radius 3 is 2.52 bits per heavy atom. The normalized spacial score (nSPS) is 18.7. The fourth-order valence-corrected chi connectivity index (χ4v) is 2.93. The van der Waals surface area contributed by atoms with Crippen LogP contribution in [0.15, 0.2) is 47.6 Å². The molecule has 2 N–H and O–H groups in total. The van der Waals surface area contributed by atoms with E-state index in [9.17, 15) is 8.42 Å².